The molecule has 0 aliphatic heterocycles. The lowest BCUT2D eigenvalue weighted by molar-refractivity contribution is 0.400. The maximum absolute atomic E-state index is 12.7. The normalized spacial score (nSPS) is 10.4. The Balaban J connectivity index is 2.15. The molecule has 1 aromatic carbocycles. The van der Waals surface area contributed by atoms with Crippen LogP contribution in [0, 0.1) is 5.82 Å². The highest BCUT2D eigenvalue weighted by Crippen LogP contribution is 2.01. The van der Waals surface area contributed by atoms with Gasteiger partial charge in [0, 0.05) is 13.1 Å². The van der Waals surface area contributed by atoms with E-state index in [1.165, 1.54) is 12.1 Å². The lowest BCUT2D eigenvalue weighted by Crippen LogP contribution is -2.36. The van der Waals surface area contributed by atoms with Gasteiger partial charge in [0.15, 0.2) is 5.11 Å². The van der Waals surface area contributed by atoms with Gasteiger partial charge in [-0.15, -0.1) is 0 Å². The number of rotatable bonds is 6. The zero-order valence-corrected chi connectivity index (χ0v) is 11.7. The van der Waals surface area contributed by atoms with Crippen molar-refractivity contribution in [2.45, 2.75) is 13.0 Å². The molecule has 2 N–H and O–H groups in total. The second-order valence-corrected chi connectivity index (χ2v) is 4.80. The second kappa shape index (κ2) is 8.00. The van der Waals surface area contributed by atoms with Crippen molar-refractivity contribution < 1.29 is 4.39 Å². The molecule has 0 heterocycles. The summed E-state index contributed by atoms with van der Waals surface area (Å²) in [6, 6.07) is 6.39. The van der Waals surface area contributed by atoms with Gasteiger partial charge in [0.2, 0.25) is 0 Å². The summed E-state index contributed by atoms with van der Waals surface area (Å²) < 4.78 is 12.7. The first-order chi connectivity index (χ1) is 8.58. The standard InChI is InChI=1S/C13H20FN3S/c1-17(2)9-3-8-15-13(18)16-10-11-4-6-12(14)7-5-11/h4-7H,3,8-10H2,1-2H3,(H2,15,16,18). The van der Waals surface area contributed by atoms with Crippen molar-refractivity contribution in [2.24, 2.45) is 0 Å². The fourth-order valence-electron chi connectivity index (χ4n) is 1.44. The van der Waals surface area contributed by atoms with E-state index in [1.807, 2.05) is 14.1 Å². The minimum Gasteiger partial charge on any atom is -0.363 e. The molecule has 0 saturated heterocycles. The first-order valence-corrected chi connectivity index (χ1v) is 6.39. The molecule has 18 heavy (non-hydrogen) atoms. The van der Waals surface area contributed by atoms with Gasteiger partial charge in [0.25, 0.3) is 0 Å². The number of thiocarbonyl (C=S) groups is 1. The highest BCUT2D eigenvalue weighted by atomic mass is 32.1. The Bertz CT molecular complexity index is 365. The number of nitrogens with zero attached hydrogens (tertiary/aromatic N) is 1. The van der Waals surface area contributed by atoms with Gasteiger partial charge in [0.1, 0.15) is 5.82 Å². The molecule has 0 radical (unpaired) electrons. The average Bonchev–Trinajstić information content (AvgIpc) is 2.34. The molecule has 0 aromatic heterocycles. The molecule has 5 heteroatoms. The number of hydrogen-bond acceptors (Lipinski definition) is 2. The summed E-state index contributed by atoms with van der Waals surface area (Å²) in [4.78, 5) is 2.14. The van der Waals surface area contributed by atoms with E-state index in [1.54, 1.807) is 12.1 Å². The summed E-state index contributed by atoms with van der Waals surface area (Å²) in [6.45, 7) is 2.50. The van der Waals surface area contributed by atoms with Gasteiger partial charge in [-0.25, -0.2) is 4.39 Å². The van der Waals surface area contributed by atoms with Crippen molar-refractivity contribution in [1.29, 1.82) is 0 Å². The van der Waals surface area contributed by atoms with E-state index in [0.717, 1.165) is 25.1 Å². The Morgan fingerprint density at radius 1 is 1.22 bits per heavy atom. The van der Waals surface area contributed by atoms with Crippen LogP contribution in [0.3, 0.4) is 0 Å². The Hall–Kier alpha value is -1.20. The van der Waals surface area contributed by atoms with Crippen molar-refractivity contribution in [3.63, 3.8) is 0 Å². The van der Waals surface area contributed by atoms with Crippen molar-refractivity contribution in [1.82, 2.24) is 15.5 Å². The molecule has 1 aromatic rings. The van der Waals surface area contributed by atoms with E-state index < -0.39 is 0 Å². The summed E-state index contributed by atoms with van der Waals surface area (Å²) in [6.07, 6.45) is 1.05. The van der Waals surface area contributed by atoms with Gasteiger partial charge in [-0.2, -0.15) is 0 Å². The minimum atomic E-state index is -0.219. The summed E-state index contributed by atoms with van der Waals surface area (Å²) in [7, 11) is 4.09. The van der Waals surface area contributed by atoms with E-state index in [9.17, 15) is 4.39 Å². The second-order valence-electron chi connectivity index (χ2n) is 4.39. The van der Waals surface area contributed by atoms with E-state index in [0.29, 0.717) is 11.7 Å². The highest BCUT2D eigenvalue weighted by molar-refractivity contribution is 7.80. The van der Waals surface area contributed by atoms with E-state index in [2.05, 4.69) is 15.5 Å². The summed E-state index contributed by atoms with van der Waals surface area (Å²) >= 11 is 5.15. The van der Waals surface area contributed by atoms with Gasteiger partial charge >= 0.3 is 0 Å². The molecule has 0 aliphatic rings. The van der Waals surface area contributed by atoms with Crippen LogP contribution in [-0.2, 0) is 6.54 Å². The maximum atomic E-state index is 12.7. The molecule has 3 nitrogen and oxygen atoms in total. The first-order valence-electron chi connectivity index (χ1n) is 5.99. The molecule has 0 saturated carbocycles. The third-order valence-corrected chi connectivity index (χ3v) is 2.72. The maximum Gasteiger partial charge on any atom is 0.166 e. The summed E-state index contributed by atoms with van der Waals surface area (Å²) in [5, 5.41) is 6.87. The third-order valence-electron chi connectivity index (χ3n) is 2.43. The fourth-order valence-corrected chi connectivity index (χ4v) is 1.62. The van der Waals surface area contributed by atoms with E-state index in [-0.39, 0.29) is 5.82 Å². The predicted octanol–water partition coefficient (Wildman–Crippen LogP) is 1.74. The average molecular weight is 269 g/mol. The Morgan fingerprint density at radius 3 is 2.50 bits per heavy atom. The number of benzene rings is 1. The smallest absolute Gasteiger partial charge is 0.166 e. The van der Waals surface area contributed by atoms with Crippen LogP contribution >= 0.6 is 12.2 Å². The van der Waals surface area contributed by atoms with Crippen molar-refractivity contribution >= 4 is 17.3 Å². The van der Waals surface area contributed by atoms with Crippen LogP contribution in [0.2, 0.25) is 0 Å². The summed E-state index contributed by atoms with van der Waals surface area (Å²) in [5.41, 5.74) is 1.01. The number of halogens is 1. The molecular weight excluding hydrogens is 249 g/mol. The van der Waals surface area contributed by atoms with Crippen LogP contribution in [0.15, 0.2) is 24.3 Å². The lowest BCUT2D eigenvalue weighted by Gasteiger charge is -2.12. The molecule has 0 spiro atoms. The Kier molecular flexibility index (Phi) is 6.60. The van der Waals surface area contributed by atoms with Crippen molar-refractivity contribution in [3.8, 4) is 0 Å². The first kappa shape index (κ1) is 14.9. The third kappa shape index (κ3) is 6.51. The Morgan fingerprint density at radius 2 is 1.89 bits per heavy atom. The predicted molar refractivity (Wildman–Crippen MR) is 77.0 cm³/mol. The van der Waals surface area contributed by atoms with E-state index >= 15 is 0 Å². The van der Waals surface area contributed by atoms with Crippen LogP contribution in [0.4, 0.5) is 4.39 Å². The molecule has 0 amide bonds. The van der Waals surface area contributed by atoms with Crippen LogP contribution < -0.4 is 10.6 Å². The van der Waals surface area contributed by atoms with Gasteiger partial charge in [-0.1, -0.05) is 12.1 Å². The minimum absolute atomic E-state index is 0.219. The molecule has 100 valence electrons. The van der Waals surface area contributed by atoms with Crippen LogP contribution in [0.1, 0.15) is 12.0 Å². The molecule has 1 rings (SSSR count). The van der Waals surface area contributed by atoms with Crippen molar-refractivity contribution in [2.75, 3.05) is 27.2 Å². The van der Waals surface area contributed by atoms with Crippen LogP contribution in [0.5, 0.6) is 0 Å². The van der Waals surface area contributed by atoms with Gasteiger partial charge in [-0.05, 0) is 57.0 Å². The molecule has 0 fully saturated rings. The zero-order valence-electron chi connectivity index (χ0n) is 10.9. The van der Waals surface area contributed by atoms with E-state index in [4.69, 9.17) is 12.2 Å². The number of hydrogen-bond donors (Lipinski definition) is 2. The van der Waals surface area contributed by atoms with Gasteiger partial charge in [0.05, 0.1) is 0 Å². The van der Waals surface area contributed by atoms with Crippen LogP contribution in [0.25, 0.3) is 0 Å². The zero-order chi connectivity index (χ0) is 13.4. The highest BCUT2D eigenvalue weighted by Gasteiger charge is 1.97. The topological polar surface area (TPSA) is 27.3 Å². The largest absolute Gasteiger partial charge is 0.363 e. The van der Waals surface area contributed by atoms with Gasteiger partial charge < -0.3 is 15.5 Å². The van der Waals surface area contributed by atoms with Gasteiger partial charge in [-0.3, -0.25) is 0 Å². The lowest BCUT2D eigenvalue weighted by atomic mass is 10.2. The molecule has 0 aliphatic carbocycles. The van der Waals surface area contributed by atoms with Crippen LogP contribution in [-0.4, -0.2) is 37.2 Å². The Labute approximate surface area is 113 Å². The molecule has 0 atom stereocenters. The SMILES string of the molecule is CN(C)CCCNC(=S)NCc1ccc(F)cc1. The fraction of sp³-hybridized carbons (Fsp3) is 0.462. The quantitative estimate of drug-likeness (QED) is 0.608. The van der Waals surface area contributed by atoms with Crippen molar-refractivity contribution in [3.05, 3.63) is 35.6 Å². The monoisotopic (exact) mass is 269 g/mol. The molecule has 0 unspecified atom stereocenters. The number of nitrogens with one attached hydrogen (secondary N) is 2. The summed E-state index contributed by atoms with van der Waals surface area (Å²) in [5.74, 6) is -0.219. The molecule has 0 bridgehead atoms. The molecular formula is C13H20FN3S.